The zero-order valence-corrected chi connectivity index (χ0v) is 16.3. The van der Waals surface area contributed by atoms with Gasteiger partial charge >= 0.3 is 16.3 Å². The molecule has 0 spiro atoms. The fourth-order valence-corrected chi connectivity index (χ4v) is 5.36. The molecule has 0 aromatic rings. The topological polar surface area (TPSA) is 84.0 Å². The molecule has 0 aromatic carbocycles. The smallest absolute Gasteiger partial charge is 0.410 e. The van der Waals surface area contributed by atoms with E-state index in [1.54, 1.807) is 4.90 Å². The minimum absolute atomic E-state index is 0.0222. The van der Waals surface area contributed by atoms with Gasteiger partial charge in [0.1, 0.15) is 5.60 Å². The number of ether oxygens (including phenoxy) is 1. The van der Waals surface area contributed by atoms with Gasteiger partial charge in [-0.15, -0.1) is 3.89 Å². The van der Waals surface area contributed by atoms with Crippen LogP contribution < -0.4 is 0 Å². The summed E-state index contributed by atoms with van der Waals surface area (Å²) in [6.45, 7) is 5.78. The third-order valence-corrected chi connectivity index (χ3v) is 6.30. The lowest BCUT2D eigenvalue weighted by Crippen LogP contribution is -2.53. The number of piperidine rings is 1. The number of likely N-dealkylation sites (tertiary alicyclic amines) is 1. The lowest BCUT2D eigenvalue weighted by molar-refractivity contribution is -0.130. The van der Waals surface area contributed by atoms with E-state index in [0.717, 1.165) is 12.8 Å². The van der Waals surface area contributed by atoms with Crippen molar-refractivity contribution in [3.8, 4) is 0 Å². The molecule has 3 saturated heterocycles. The number of amides is 2. The van der Waals surface area contributed by atoms with E-state index in [9.17, 15) is 21.9 Å². The van der Waals surface area contributed by atoms with E-state index in [1.165, 1.54) is 0 Å². The molecule has 0 saturated carbocycles. The second-order valence-corrected chi connectivity index (χ2v) is 10.1. The van der Waals surface area contributed by atoms with Gasteiger partial charge in [0.05, 0.1) is 5.75 Å². The highest BCUT2D eigenvalue weighted by molar-refractivity contribution is 7.86. The van der Waals surface area contributed by atoms with Crippen molar-refractivity contribution in [2.45, 2.75) is 76.6 Å². The Bertz CT molecular complexity index is 676. The number of halogens is 1. The Kier molecular flexibility index (Phi) is 4.96. The molecular weight excluding hydrogens is 363 g/mol. The highest BCUT2D eigenvalue weighted by atomic mass is 32.3. The van der Waals surface area contributed by atoms with E-state index in [1.807, 2.05) is 25.7 Å². The Balaban J connectivity index is 1.64. The van der Waals surface area contributed by atoms with E-state index in [4.69, 9.17) is 4.74 Å². The normalized spacial score (nSPS) is 32.2. The first-order valence-corrected chi connectivity index (χ1v) is 10.7. The molecule has 3 rings (SSSR count). The zero-order valence-electron chi connectivity index (χ0n) is 15.5. The molecule has 2 unspecified atom stereocenters. The molecule has 2 amide bonds. The Labute approximate surface area is 154 Å². The molecule has 148 valence electrons. The van der Waals surface area contributed by atoms with Crippen molar-refractivity contribution < 1.29 is 26.6 Å². The van der Waals surface area contributed by atoms with Crippen molar-refractivity contribution in [1.29, 1.82) is 0 Å². The second kappa shape index (κ2) is 6.65. The molecule has 3 aliphatic rings. The maximum atomic E-state index is 12.9. The van der Waals surface area contributed by atoms with Crippen LogP contribution in [0.2, 0.25) is 0 Å². The number of fused-ring (bicyclic) bond motifs is 2. The number of rotatable bonds is 3. The van der Waals surface area contributed by atoms with Gasteiger partial charge < -0.3 is 14.5 Å². The summed E-state index contributed by atoms with van der Waals surface area (Å²) >= 11 is 0. The second-order valence-electron chi connectivity index (χ2n) is 8.72. The predicted octanol–water partition coefficient (Wildman–Crippen LogP) is 2.06. The van der Waals surface area contributed by atoms with Crippen molar-refractivity contribution in [2.24, 2.45) is 5.92 Å². The highest BCUT2D eigenvalue weighted by Gasteiger charge is 2.48. The molecule has 4 atom stereocenters. The van der Waals surface area contributed by atoms with Gasteiger partial charge in [0, 0.05) is 37.0 Å². The van der Waals surface area contributed by atoms with Crippen molar-refractivity contribution in [3.63, 3.8) is 0 Å². The first kappa shape index (κ1) is 19.4. The van der Waals surface area contributed by atoms with Gasteiger partial charge in [-0.2, -0.15) is 8.42 Å². The van der Waals surface area contributed by atoms with Crippen LogP contribution in [0.4, 0.5) is 8.68 Å². The predicted molar refractivity (Wildman–Crippen MR) is 92.6 cm³/mol. The molecule has 7 nitrogen and oxygen atoms in total. The molecule has 3 fully saturated rings. The number of hydrogen-bond acceptors (Lipinski definition) is 5. The molecule has 0 aliphatic carbocycles. The van der Waals surface area contributed by atoms with Gasteiger partial charge in [0.2, 0.25) is 5.91 Å². The molecule has 0 radical (unpaired) electrons. The summed E-state index contributed by atoms with van der Waals surface area (Å²) in [7, 11) is -4.58. The molecule has 3 heterocycles. The lowest BCUT2D eigenvalue weighted by atomic mass is 9.96. The molecular formula is C17H27FN2O5S. The van der Waals surface area contributed by atoms with Gasteiger partial charge in [-0.3, -0.25) is 4.79 Å². The fraction of sp³-hybridized carbons (Fsp3) is 0.882. The van der Waals surface area contributed by atoms with Crippen LogP contribution in [0.5, 0.6) is 0 Å². The minimum atomic E-state index is -4.58. The summed E-state index contributed by atoms with van der Waals surface area (Å²) in [4.78, 5) is 28.3. The maximum Gasteiger partial charge on any atom is 0.410 e. The molecule has 26 heavy (non-hydrogen) atoms. The van der Waals surface area contributed by atoms with Crippen LogP contribution in [0.1, 0.15) is 52.9 Å². The van der Waals surface area contributed by atoms with Gasteiger partial charge in [0.15, 0.2) is 0 Å². The molecule has 9 heteroatoms. The number of nitrogens with zero attached hydrogens (tertiary/aromatic N) is 2. The summed E-state index contributed by atoms with van der Waals surface area (Å²) in [5.41, 5.74) is -0.552. The number of hydrogen-bond donors (Lipinski definition) is 0. The summed E-state index contributed by atoms with van der Waals surface area (Å²) < 4.78 is 40.2. The highest BCUT2D eigenvalue weighted by Crippen LogP contribution is 2.40. The van der Waals surface area contributed by atoms with Gasteiger partial charge in [0.25, 0.3) is 0 Å². The van der Waals surface area contributed by atoms with E-state index in [0.29, 0.717) is 12.8 Å². The fourth-order valence-electron chi connectivity index (χ4n) is 4.57. The molecule has 0 N–H and O–H groups in total. The standard InChI is InChI=1S/C17H27FN2O5S/c1-17(2,3)25-16(22)20-12-4-5-13(20)8-14(7-12)19-9-11(6-15(19)21)10-26(18,23)24/h11-14H,4-10H2,1-3H3/t11?,12-,13+,14?. The average Bonchev–Trinajstić information content (AvgIpc) is 2.92. The Morgan fingerprint density at radius 1 is 1.19 bits per heavy atom. The van der Waals surface area contributed by atoms with E-state index >= 15 is 0 Å². The third-order valence-electron chi connectivity index (χ3n) is 5.43. The average molecular weight is 390 g/mol. The van der Waals surface area contributed by atoms with E-state index < -0.39 is 27.5 Å². The first-order valence-electron chi connectivity index (χ1n) is 9.16. The lowest BCUT2D eigenvalue weighted by Gasteiger charge is -2.42. The van der Waals surface area contributed by atoms with Gasteiger partial charge in [-0.25, -0.2) is 4.79 Å². The van der Waals surface area contributed by atoms with Crippen LogP contribution in [0.25, 0.3) is 0 Å². The van der Waals surface area contributed by atoms with Crippen LogP contribution in [0, 0.1) is 5.92 Å². The SMILES string of the molecule is CC(C)(C)OC(=O)N1[C@@H]2CC[C@H]1CC(N1CC(CS(=O)(=O)F)CC1=O)C2. The first-order chi connectivity index (χ1) is 11.9. The Hall–Kier alpha value is -1.38. The largest absolute Gasteiger partial charge is 0.444 e. The number of carbonyl (C=O) groups is 2. The van der Waals surface area contributed by atoms with E-state index in [2.05, 4.69) is 0 Å². The Morgan fingerprint density at radius 3 is 2.27 bits per heavy atom. The van der Waals surface area contributed by atoms with Crippen LogP contribution in [-0.4, -0.2) is 66.2 Å². The van der Waals surface area contributed by atoms with Crippen LogP contribution in [0.3, 0.4) is 0 Å². The van der Waals surface area contributed by atoms with Crippen LogP contribution in [0.15, 0.2) is 0 Å². The molecule has 3 aliphatic heterocycles. The molecule has 0 aromatic heterocycles. The van der Waals surface area contributed by atoms with Crippen molar-refractivity contribution in [3.05, 3.63) is 0 Å². The summed E-state index contributed by atoms with van der Waals surface area (Å²) in [5.74, 6) is -1.20. The van der Waals surface area contributed by atoms with Crippen LogP contribution in [-0.2, 0) is 19.8 Å². The maximum absolute atomic E-state index is 12.9. The van der Waals surface area contributed by atoms with Gasteiger partial charge in [-0.1, -0.05) is 0 Å². The summed E-state index contributed by atoms with van der Waals surface area (Å²) in [5, 5.41) is 0. The van der Waals surface area contributed by atoms with Crippen molar-refractivity contribution in [1.82, 2.24) is 9.80 Å². The van der Waals surface area contributed by atoms with Gasteiger partial charge in [-0.05, 0) is 46.5 Å². The van der Waals surface area contributed by atoms with E-state index in [-0.39, 0.29) is 43.1 Å². The summed E-state index contributed by atoms with van der Waals surface area (Å²) in [6.07, 6.45) is 2.85. The number of carbonyl (C=O) groups excluding carboxylic acids is 2. The Morgan fingerprint density at radius 2 is 1.77 bits per heavy atom. The minimum Gasteiger partial charge on any atom is -0.444 e. The van der Waals surface area contributed by atoms with Crippen molar-refractivity contribution >= 4 is 22.2 Å². The summed E-state index contributed by atoms with van der Waals surface area (Å²) in [6, 6.07) is 0.0433. The zero-order chi connectivity index (χ0) is 19.3. The third kappa shape index (κ3) is 4.29. The molecule has 2 bridgehead atoms. The van der Waals surface area contributed by atoms with Crippen LogP contribution >= 0.6 is 0 Å². The quantitative estimate of drug-likeness (QED) is 0.689. The van der Waals surface area contributed by atoms with Crippen molar-refractivity contribution in [2.75, 3.05) is 12.3 Å². The monoisotopic (exact) mass is 390 g/mol.